The minimum atomic E-state index is -0.411. The summed E-state index contributed by atoms with van der Waals surface area (Å²) in [6.07, 6.45) is 0. The highest BCUT2D eigenvalue weighted by Crippen LogP contribution is 2.24. The van der Waals surface area contributed by atoms with E-state index < -0.39 is 4.92 Å². The predicted octanol–water partition coefficient (Wildman–Crippen LogP) is 4.26. The Morgan fingerprint density at radius 2 is 1.95 bits per heavy atom. The number of nitrogens with zero attached hydrogens (tertiary/aromatic N) is 1. The Labute approximate surface area is 127 Å². The molecule has 0 aromatic heterocycles. The molecule has 21 heavy (non-hydrogen) atoms. The molecule has 0 unspecified atom stereocenters. The first-order valence-corrected chi connectivity index (χ1v) is 6.87. The van der Waals surface area contributed by atoms with E-state index in [0.717, 1.165) is 11.4 Å². The maximum absolute atomic E-state index is 11.0. The van der Waals surface area contributed by atoms with E-state index in [1.807, 2.05) is 31.2 Å². The van der Waals surface area contributed by atoms with Crippen LogP contribution in [-0.4, -0.2) is 11.5 Å². The van der Waals surface area contributed by atoms with Gasteiger partial charge in [-0.1, -0.05) is 11.6 Å². The van der Waals surface area contributed by atoms with Crippen LogP contribution in [0.1, 0.15) is 12.5 Å². The van der Waals surface area contributed by atoms with Gasteiger partial charge >= 0.3 is 0 Å². The number of hydrogen-bond acceptors (Lipinski definition) is 4. The van der Waals surface area contributed by atoms with Crippen LogP contribution in [-0.2, 0) is 6.54 Å². The highest BCUT2D eigenvalue weighted by molar-refractivity contribution is 6.30. The van der Waals surface area contributed by atoms with Crippen LogP contribution >= 0.6 is 11.6 Å². The molecule has 0 spiro atoms. The molecule has 0 saturated heterocycles. The van der Waals surface area contributed by atoms with Gasteiger partial charge in [-0.3, -0.25) is 10.1 Å². The van der Waals surface area contributed by atoms with Crippen LogP contribution in [0.5, 0.6) is 5.75 Å². The first kappa shape index (κ1) is 15.1. The smallest absolute Gasteiger partial charge is 0.274 e. The lowest BCUT2D eigenvalue weighted by molar-refractivity contribution is -0.385. The number of hydrogen-bond donors (Lipinski definition) is 1. The minimum Gasteiger partial charge on any atom is -0.494 e. The second kappa shape index (κ2) is 6.95. The van der Waals surface area contributed by atoms with Crippen molar-refractivity contribution >= 4 is 23.0 Å². The van der Waals surface area contributed by atoms with Gasteiger partial charge in [0.2, 0.25) is 0 Å². The van der Waals surface area contributed by atoms with E-state index in [0.29, 0.717) is 23.7 Å². The molecule has 0 bridgehead atoms. The zero-order valence-electron chi connectivity index (χ0n) is 11.5. The van der Waals surface area contributed by atoms with E-state index in [-0.39, 0.29) is 5.69 Å². The summed E-state index contributed by atoms with van der Waals surface area (Å²) in [6, 6.07) is 11.9. The van der Waals surface area contributed by atoms with E-state index in [2.05, 4.69) is 5.32 Å². The second-order valence-corrected chi connectivity index (χ2v) is 4.78. The third-order valence-corrected chi connectivity index (χ3v) is 3.12. The largest absolute Gasteiger partial charge is 0.494 e. The molecule has 2 aromatic rings. The highest BCUT2D eigenvalue weighted by Gasteiger charge is 2.13. The molecule has 1 N–H and O–H groups in total. The van der Waals surface area contributed by atoms with Gasteiger partial charge in [0.1, 0.15) is 5.75 Å². The van der Waals surface area contributed by atoms with Gasteiger partial charge in [0, 0.05) is 23.3 Å². The molecule has 2 aromatic carbocycles. The molecule has 0 radical (unpaired) electrons. The normalized spacial score (nSPS) is 10.2. The molecular weight excluding hydrogens is 292 g/mol. The van der Waals surface area contributed by atoms with Crippen LogP contribution in [0.15, 0.2) is 42.5 Å². The van der Waals surface area contributed by atoms with Gasteiger partial charge in [-0.25, -0.2) is 0 Å². The van der Waals surface area contributed by atoms with Crippen molar-refractivity contribution < 1.29 is 9.66 Å². The first-order chi connectivity index (χ1) is 10.1. The standard InChI is InChI=1S/C15H15ClN2O3/c1-2-21-14-6-4-13(5-7-14)17-10-11-9-12(16)3-8-15(11)18(19)20/h3-9,17H,2,10H2,1H3. The molecule has 2 rings (SSSR count). The summed E-state index contributed by atoms with van der Waals surface area (Å²) in [5.41, 5.74) is 1.45. The maximum Gasteiger partial charge on any atom is 0.274 e. The average molecular weight is 307 g/mol. The molecule has 0 aliphatic heterocycles. The van der Waals surface area contributed by atoms with Crippen molar-refractivity contribution in [1.29, 1.82) is 0 Å². The SMILES string of the molecule is CCOc1ccc(NCc2cc(Cl)ccc2[N+](=O)[O-])cc1. The first-order valence-electron chi connectivity index (χ1n) is 6.49. The highest BCUT2D eigenvalue weighted by atomic mass is 35.5. The Morgan fingerprint density at radius 3 is 2.57 bits per heavy atom. The van der Waals surface area contributed by atoms with Crippen molar-refractivity contribution in [1.82, 2.24) is 0 Å². The molecular formula is C15H15ClN2O3. The van der Waals surface area contributed by atoms with Gasteiger partial charge in [0.15, 0.2) is 0 Å². The Kier molecular flexibility index (Phi) is 5.00. The number of ether oxygens (including phenoxy) is 1. The topological polar surface area (TPSA) is 64.4 Å². The number of nitro benzene ring substituents is 1. The van der Waals surface area contributed by atoms with E-state index >= 15 is 0 Å². The number of rotatable bonds is 6. The molecule has 110 valence electrons. The third kappa shape index (κ3) is 4.10. The fourth-order valence-corrected chi connectivity index (χ4v) is 2.10. The maximum atomic E-state index is 11.0. The van der Waals surface area contributed by atoms with E-state index in [1.165, 1.54) is 12.1 Å². The van der Waals surface area contributed by atoms with E-state index in [4.69, 9.17) is 16.3 Å². The van der Waals surface area contributed by atoms with Gasteiger partial charge in [0.25, 0.3) is 5.69 Å². The van der Waals surface area contributed by atoms with Crippen molar-refractivity contribution in [3.05, 3.63) is 63.2 Å². The lowest BCUT2D eigenvalue weighted by Crippen LogP contribution is -2.03. The fourth-order valence-electron chi connectivity index (χ4n) is 1.91. The second-order valence-electron chi connectivity index (χ2n) is 4.34. The van der Waals surface area contributed by atoms with Crippen LogP contribution in [0, 0.1) is 10.1 Å². The fraction of sp³-hybridized carbons (Fsp3) is 0.200. The van der Waals surface area contributed by atoms with Crippen molar-refractivity contribution in [2.75, 3.05) is 11.9 Å². The lowest BCUT2D eigenvalue weighted by Gasteiger charge is -2.09. The Bertz CT molecular complexity index is 629. The van der Waals surface area contributed by atoms with Gasteiger partial charge in [-0.15, -0.1) is 0 Å². The molecule has 0 heterocycles. The van der Waals surface area contributed by atoms with Gasteiger partial charge in [0.05, 0.1) is 17.1 Å². The summed E-state index contributed by atoms with van der Waals surface area (Å²) in [7, 11) is 0. The molecule has 6 heteroatoms. The summed E-state index contributed by atoms with van der Waals surface area (Å²) in [4.78, 5) is 10.6. The van der Waals surface area contributed by atoms with Crippen LogP contribution in [0.3, 0.4) is 0 Å². The number of anilines is 1. The lowest BCUT2D eigenvalue weighted by atomic mass is 10.1. The zero-order chi connectivity index (χ0) is 15.2. The molecule has 5 nitrogen and oxygen atoms in total. The van der Waals surface area contributed by atoms with E-state index in [9.17, 15) is 10.1 Å². The number of nitrogens with one attached hydrogen (secondary N) is 1. The number of benzene rings is 2. The molecule has 0 aliphatic rings. The van der Waals surface area contributed by atoms with Gasteiger partial charge < -0.3 is 10.1 Å². The number of halogens is 1. The third-order valence-electron chi connectivity index (χ3n) is 2.89. The molecule has 0 aliphatic carbocycles. The summed E-state index contributed by atoms with van der Waals surface area (Å²) >= 11 is 5.89. The summed E-state index contributed by atoms with van der Waals surface area (Å²) in [5, 5.41) is 14.6. The Morgan fingerprint density at radius 1 is 1.24 bits per heavy atom. The summed E-state index contributed by atoms with van der Waals surface area (Å²) in [6.45, 7) is 2.86. The van der Waals surface area contributed by atoms with Gasteiger partial charge in [-0.05, 0) is 43.3 Å². The van der Waals surface area contributed by atoms with Crippen LogP contribution in [0.2, 0.25) is 5.02 Å². The Hall–Kier alpha value is -2.27. The monoisotopic (exact) mass is 306 g/mol. The van der Waals surface area contributed by atoms with Crippen LogP contribution in [0.25, 0.3) is 0 Å². The zero-order valence-corrected chi connectivity index (χ0v) is 12.3. The van der Waals surface area contributed by atoms with E-state index in [1.54, 1.807) is 6.07 Å². The molecule has 0 saturated carbocycles. The summed E-state index contributed by atoms with van der Waals surface area (Å²) in [5.74, 6) is 0.789. The molecule has 0 atom stereocenters. The van der Waals surface area contributed by atoms with Crippen molar-refractivity contribution in [2.45, 2.75) is 13.5 Å². The van der Waals surface area contributed by atoms with Crippen molar-refractivity contribution in [3.8, 4) is 5.75 Å². The average Bonchev–Trinajstić information content (AvgIpc) is 2.46. The predicted molar refractivity (Wildman–Crippen MR) is 83.0 cm³/mol. The van der Waals surface area contributed by atoms with Crippen LogP contribution < -0.4 is 10.1 Å². The molecule has 0 amide bonds. The molecule has 0 fully saturated rings. The number of nitro groups is 1. The van der Waals surface area contributed by atoms with Crippen molar-refractivity contribution in [3.63, 3.8) is 0 Å². The minimum absolute atomic E-state index is 0.0536. The summed E-state index contributed by atoms with van der Waals surface area (Å²) < 4.78 is 5.36. The Balaban J connectivity index is 2.08. The van der Waals surface area contributed by atoms with Gasteiger partial charge in [-0.2, -0.15) is 0 Å². The van der Waals surface area contributed by atoms with Crippen molar-refractivity contribution in [2.24, 2.45) is 0 Å². The quantitative estimate of drug-likeness (QED) is 0.640. The van der Waals surface area contributed by atoms with Crippen LogP contribution in [0.4, 0.5) is 11.4 Å².